The fourth-order valence-corrected chi connectivity index (χ4v) is 4.90. The van der Waals surface area contributed by atoms with Crippen LogP contribution in [0.2, 0.25) is 0 Å². The molecule has 5 nitrogen and oxygen atoms in total. The first kappa shape index (κ1) is 30.8. The topological polar surface area (TPSA) is 62.0 Å². The standard InChI is InChI=1S/C30H33F3N4O.C2H6/c1-29(2,19-34)21-14-15-26(28(17-21)38-3)35-16-8-11-23-18-24-25(36-22-9-5-4-6-10-22)12-7-13-27(24)37(23)20-30(31,32)33;1-2/h7,12-15,17-18,22,35-36H,4-6,9-10,16,20H2,1-3H3;1-2H3. The van der Waals surface area contributed by atoms with Gasteiger partial charge in [-0.3, -0.25) is 0 Å². The third kappa shape index (κ3) is 7.66. The van der Waals surface area contributed by atoms with Crippen molar-refractivity contribution in [3.8, 4) is 23.7 Å². The first-order valence-electron chi connectivity index (χ1n) is 13.9. The number of ether oxygens (including phenoxy) is 1. The van der Waals surface area contributed by atoms with Crippen molar-refractivity contribution in [1.29, 1.82) is 5.26 Å². The third-order valence-corrected chi connectivity index (χ3v) is 7.03. The minimum absolute atomic E-state index is 0.206. The number of benzene rings is 2. The zero-order valence-electron chi connectivity index (χ0n) is 24.0. The quantitative estimate of drug-likeness (QED) is 0.290. The van der Waals surface area contributed by atoms with E-state index >= 15 is 0 Å². The molecule has 2 N–H and O–H groups in total. The summed E-state index contributed by atoms with van der Waals surface area (Å²) in [6, 6.07) is 15.3. The predicted molar refractivity (Wildman–Crippen MR) is 157 cm³/mol. The van der Waals surface area contributed by atoms with Crippen molar-refractivity contribution < 1.29 is 17.9 Å². The number of alkyl halides is 3. The fraction of sp³-hybridized carbons (Fsp3) is 0.469. The molecule has 0 unspecified atom stereocenters. The third-order valence-electron chi connectivity index (χ3n) is 7.03. The average Bonchev–Trinajstić information content (AvgIpc) is 3.29. The van der Waals surface area contributed by atoms with Gasteiger partial charge in [-0.05, 0) is 68.5 Å². The second-order valence-corrected chi connectivity index (χ2v) is 10.3. The van der Waals surface area contributed by atoms with Crippen LogP contribution in [0, 0.1) is 23.2 Å². The highest BCUT2D eigenvalue weighted by molar-refractivity contribution is 5.94. The fourth-order valence-electron chi connectivity index (χ4n) is 4.90. The number of nitrogens with zero attached hydrogens (tertiary/aromatic N) is 2. The molecular weight excluding hydrogens is 513 g/mol. The van der Waals surface area contributed by atoms with Crippen LogP contribution in [0.15, 0.2) is 42.5 Å². The maximum atomic E-state index is 13.5. The summed E-state index contributed by atoms with van der Waals surface area (Å²) in [5.41, 5.74) is 2.52. The molecule has 0 aliphatic heterocycles. The zero-order valence-corrected chi connectivity index (χ0v) is 24.0. The largest absolute Gasteiger partial charge is 0.495 e. The summed E-state index contributed by atoms with van der Waals surface area (Å²) in [5, 5.41) is 16.9. The summed E-state index contributed by atoms with van der Waals surface area (Å²) < 4.78 is 47.2. The second-order valence-electron chi connectivity index (χ2n) is 10.3. The van der Waals surface area contributed by atoms with Crippen LogP contribution >= 0.6 is 0 Å². The second kappa shape index (κ2) is 13.5. The number of fused-ring (bicyclic) bond motifs is 1. The highest BCUT2D eigenvalue weighted by atomic mass is 19.4. The summed E-state index contributed by atoms with van der Waals surface area (Å²) in [4.78, 5) is 0. The summed E-state index contributed by atoms with van der Waals surface area (Å²) in [6.07, 6.45) is 1.31. The maximum Gasteiger partial charge on any atom is 0.406 e. The van der Waals surface area contributed by atoms with Crippen LogP contribution in [0.5, 0.6) is 5.75 Å². The van der Waals surface area contributed by atoms with Crippen molar-refractivity contribution in [3.63, 3.8) is 0 Å². The van der Waals surface area contributed by atoms with E-state index in [1.165, 1.54) is 11.0 Å². The van der Waals surface area contributed by atoms with Crippen molar-refractivity contribution in [3.05, 3.63) is 53.7 Å². The van der Waals surface area contributed by atoms with Gasteiger partial charge in [-0.1, -0.05) is 51.2 Å². The molecule has 0 saturated heterocycles. The van der Waals surface area contributed by atoms with Crippen LogP contribution in [0.25, 0.3) is 10.9 Å². The molecule has 1 heterocycles. The highest BCUT2D eigenvalue weighted by Gasteiger charge is 2.30. The normalized spacial score (nSPS) is 13.9. The van der Waals surface area contributed by atoms with E-state index in [1.54, 1.807) is 31.4 Å². The number of nitrogens with one attached hydrogen (secondary N) is 2. The minimum Gasteiger partial charge on any atom is -0.495 e. The number of anilines is 2. The molecule has 0 spiro atoms. The number of rotatable bonds is 7. The van der Waals surface area contributed by atoms with Crippen LogP contribution in [0.1, 0.15) is 71.1 Å². The monoisotopic (exact) mass is 552 g/mol. The Labute approximate surface area is 235 Å². The van der Waals surface area contributed by atoms with Crippen molar-refractivity contribution >= 4 is 22.3 Å². The Morgan fingerprint density at radius 3 is 2.40 bits per heavy atom. The lowest BCUT2D eigenvalue weighted by Gasteiger charge is -2.24. The molecular formula is C32H39F3N4O. The molecule has 0 amide bonds. The van der Waals surface area contributed by atoms with E-state index in [1.807, 2.05) is 45.9 Å². The van der Waals surface area contributed by atoms with E-state index in [4.69, 9.17) is 4.74 Å². The summed E-state index contributed by atoms with van der Waals surface area (Å²) in [5.74, 6) is 6.48. The molecule has 1 fully saturated rings. The predicted octanol–water partition coefficient (Wildman–Crippen LogP) is 8.25. The van der Waals surface area contributed by atoms with Crippen molar-refractivity contribution in [2.24, 2.45) is 0 Å². The molecule has 0 radical (unpaired) electrons. The first-order valence-corrected chi connectivity index (χ1v) is 13.9. The van der Waals surface area contributed by atoms with E-state index in [0.29, 0.717) is 28.7 Å². The van der Waals surface area contributed by atoms with Gasteiger partial charge in [0.1, 0.15) is 12.3 Å². The Morgan fingerprint density at radius 1 is 1.02 bits per heavy atom. The van der Waals surface area contributed by atoms with E-state index in [0.717, 1.165) is 42.3 Å². The van der Waals surface area contributed by atoms with E-state index in [2.05, 4.69) is 28.5 Å². The van der Waals surface area contributed by atoms with Crippen molar-refractivity contribution in [2.45, 2.75) is 84.0 Å². The van der Waals surface area contributed by atoms with Gasteiger partial charge in [-0.15, -0.1) is 0 Å². The van der Waals surface area contributed by atoms with E-state index < -0.39 is 18.1 Å². The molecule has 2 aromatic carbocycles. The molecule has 0 atom stereocenters. The number of nitriles is 1. The maximum absolute atomic E-state index is 13.5. The molecule has 40 heavy (non-hydrogen) atoms. The van der Waals surface area contributed by atoms with Gasteiger partial charge in [0, 0.05) is 17.1 Å². The van der Waals surface area contributed by atoms with Crippen LogP contribution < -0.4 is 15.4 Å². The Morgan fingerprint density at radius 2 is 1.75 bits per heavy atom. The Balaban J connectivity index is 0.00000216. The summed E-state index contributed by atoms with van der Waals surface area (Å²) >= 11 is 0. The lowest BCUT2D eigenvalue weighted by Crippen LogP contribution is -2.22. The van der Waals surface area contributed by atoms with Gasteiger partial charge in [-0.25, -0.2) is 0 Å². The summed E-state index contributed by atoms with van der Waals surface area (Å²) in [7, 11) is 1.55. The number of halogens is 3. The summed E-state index contributed by atoms with van der Waals surface area (Å²) in [6.45, 7) is 6.76. The van der Waals surface area contributed by atoms with Gasteiger partial charge in [-0.2, -0.15) is 18.4 Å². The zero-order chi connectivity index (χ0) is 29.3. The smallest absolute Gasteiger partial charge is 0.406 e. The van der Waals surface area contributed by atoms with Crippen LogP contribution in [-0.4, -0.2) is 30.4 Å². The minimum atomic E-state index is -4.38. The molecule has 1 saturated carbocycles. The van der Waals surface area contributed by atoms with Gasteiger partial charge >= 0.3 is 6.18 Å². The number of hydrogen-bond donors (Lipinski definition) is 2. The molecule has 1 aromatic heterocycles. The van der Waals surface area contributed by atoms with Gasteiger partial charge in [0.25, 0.3) is 0 Å². The number of methoxy groups -OCH3 is 1. The van der Waals surface area contributed by atoms with E-state index in [9.17, 15) is 18.4 Å². The van der Waals surface area contributed by atoms with Crippen molar-refractivity contribution in [1.82, 2.24) is 4.57 Å². The molecule has 1 aliphatic carbocycles. The van der Waals surface area contributed by atoms with Crippen LogP contribution in [-0.2, 0) is 12.0 Å². The number of aromatic nitrogens is 1. The molecule has 214 valence electrons. The SMILES string of the molecule is CC.COc1cc(C(C)(C)C#N)ccc1NCC#Cc1cc2c(NC3CCCCC3)cccc2n1CC(F)(F)F. The first-order chi connectivity index (χ1) is 19.1. The van der Waals surface area contributed by atoms with Gasteiger partial charge in [0.05, 0.1) is 42.0 Å². The van der Waals surface area contributed by atoms with Crippen molar-refractivity contribution in [2.75, 3.05) is 24.3 Å². The number of hydrogen-bond acceptors (Lipinski definition) is 4. The average molecular weight is 553 g/mol. The molecule has 1 aliphatic rings. The van der Waals surface area contributed by atoms with Gasteiger partial charge in [0.15, 0.2) is 0 Å². The Kier molecular flexibility index (Phi) is 10.4. The highest BCUT2D eigenvalue weighted by Crippen LogP contribution is 2.33. The molecule has 3 aromatic rings. The molecule has 8 heteroatoms. The lowest BCUT2D eigenvalue weighted by molar-refractivity contribution is -0.140. The Bertz CT molecular complexity index is 1380. The molecule has 4 rings (SSSR count). The van der Waals surface area contributed by atoms with E-state index in [-0.39, 0.29) is 6.54 Å². The van der Waals surface area contributed by atoms with Gasteiger partial charge < -0.3 is 19.9 Å². The Hall–Kier alpha value is -3.78. The van der Waals surface area contributed by atoms with Crippen LogP contribution in [0.3, 0.4) is 0 Å². The van der Waals surface area contributed by atoms with Crippen LogP contribution in [0.4, 0.5) is 24.5 Å². The van der Waals surface area contributed by atoms with Gasteiger partial charge in [0.2, 0.25) is 0 Å². The lowest BCUT2D eigenvalue weighted by atomic mass is 9.86. The molecule has 0 bridgehead atoms.